The van der Waals surface area contributed by atoms with E-state index in [9.17, 15) is 9.59 Å². The highest BCUT2D eigenvalue weighted by molar-refractivity contribution is 6.31. The van der Waals surface area contributed by atoms with Crippen LogP contribution in [0.1, 0.15) is 34.6 Å². The van der Waals surface area contributed by atoms with Crippen molar-refractivity contribution in [1.29, 1.82) is 0 Å². The number of hydrogen-bond acceptors (Lipinski definition) is 2. The van der Waals surface area contributed by atoms with Gasteiger partial charge < -0.3 is 5.11 Å². The van der Waals surface area contributed by atoms with Crippen molar-refractivity contribution in [2.75, 3.05) is 0 Å². The number of carboxylic acid groups (broad SMARTS) is 1. The number of Topliss-reactive ketones (excluding diaryl/α,β-unsaturated/α-hetero) is 1. The molecule has 3 nitrogen and oxygen atoms in total. The molecule has 4 heteroatoms. The van der Waals surface area contributed by atoms with Gasteiger partial charge in [0.1, 0.15) is 0 Å². The average molecular weight is 227 g/mol. The molecule has 1 rings (SSSR count). The lowest BCUT2D eigenvalue weighted by molar-refractivity contribution is 0.0691. The molecule has 0 bridgehead atoms. The van der Waals surface area contributed by atoms with Crippen LogP contribution < -0.4 is 0 Å². The molecule has 1 N–H and O–H groups in total. The molecule has 0 aliphatic carbocycles. The molecule has 0 saturated carbocycles. The third-order valence-electron chi connectivity index (χ3n) is 2.00. The minimum absolute atomic E-state index is 0.0406. The van der Waals surface area contributed by atoms with Crippen molar-refractivity contribution >= 4 is 23.4 Å². The van der Waals surface area contributed by atoms with Gasteiger partial charge in [0.25, 0.3) is 0 Å². The van der Waals surface area contributed by atoms with Crippen LogP contribution >= 0.6 is 11.6 Å². The fourth-order valence-corrected chi connectivity index (χ4v) is 1.39. The van der Waals surface area contributed by atoms with Crippen molar-refractivity contribution in [3.05, 3.63) is 34.3 Å². The number of hydrogen-bond donors (Lipinski definition) is 1. The van der Waals surface area contributed by atoms with E-state index in [-0.39, 0.29) is 22.8 Å². The normalized spacial score (nSPS) is 10.4. The molecule has 0 radical (unpaired) electrons. The summed E-state index contributed by atoms with van der Waals surface area (Å²) in [5.41, 5.74) is 0.170. The van der Waals surface area contributed by atoms with E-state index in [0.29, 0.717) is 5.02 Å². The first-order valence-electron chi connectivity index (χ1n) is 4.50. The second-order valence-corrected chi connectivity index (χ2v) is 3.95. The molecular formula is C11H11ClO3. The Kier molecular flexibility index (Phi) is 3.48. The van der Waals surface area contributed by atoms with Gasteiger partial charge in [0, 0.05) is 16.5 Å². The number of halogens is 1. The molecular weight excluding hydrogens is 216 g/mol. The minimum atomic E-state index is -1.14. The number of carbonyl (C=O) groups excluding carboxylic acids is 1. The van der Waals surface area contributed by atoms with Gasteiger partial charge in [0.05, 0.1) is 5.56 Å². The lowest BCUT2D eigenvalue weighted by Crippen LogP contribution is -2.13. The van der Waals surface area contributed by atoms with E-state index in [1.807, 2.05) is 0 Å². The van der Waals surface area contributed by atoms with Crippen LogP contribution in [0.3, 0.4) is 0 Å². The van der Waals surface area contributed by atoms with Gasteiger partial charge in [-0.2, -0.15) is 0 Å². The summed E-state index contributed by atoms with van der Waals surface area (Å²) in [7, 11) is 0. The van der Waals surface area contributed by atoms with Gasteiger partial charge in [0.2, 0.25) is 0 Å². The highest BCUT2D eigenvalue weighted by Crippen LogP contribution is 2.19. The summed E-state index contributed by atoms with van der Waals surface area (Å²) in [6.45, 7) is 3.45. The Labute approximate surface area is 92.7 Å². The Morgan fingerprint density at radius 1 is 1.27 bits per heavy atom. The average Bonchev–Trinajstić information content (AvgIpc) is 2.16. The van der Waals surface area contributed by atoms with E-state index in [0.717, 1.165) is 0 Å². The first kappa shape index (κ1) is 11.7. The van der Waals surface area contributed by atoms with Crippen molar-refractivity contribution in [3.8, 4) is 0 Å². The zero-order valence-corrected chi connectivity index (χ0v) is 9.21. The van der Waals surface area contributed by atoms with Gasteiger partial charge in [-0.15, -0.1) is 0 Å². The van der Waals surface area contributed by atoms with E-state index in [1.54, 1.807) is 13.8 Å². The Bertz CT molecular complexity index is 410. The van der Waals surface area contributed by atoms with E-state index < -0.39 is 5.97 Å². The van der Waals surface area contributed by atoms with Crippen molar-refractivity contribution in [2.45, 2.75) is 13.8 Å². The van der Waals surface area contributed by atoms with Crippen LogP contribution in [0, 0.1) is 5.92 Å². The topological polar surface area (TPSA) is 54.4 Å². The first-order chi connectivity index (χ1) is 6.93. The van der Waals surface area contributed by atoms with Crippen molar-refractivity contribution in [1.82, 2.24) is 0 Å². The van der Waals surface area contributed by atoms with E-state index in [4.69, 9.17) is 16.7 Å². The summed E-state index contributed by atoms with van der Waals surface area (Å²) < 4.78 is 0. The third kappa shape index (κ3) is 2.57. The Morgan fingerprint density at radius 2 is 1.87 bits per heavy atom. The number of carboxylic acids is 1. The summed E-state index contributed by atoms with van der Waals surface area (Å²) in [5.74, 6) is -1.56. The molecule has 1 aromatic carbocycles. The molecule has 0 spiro atoms. The number of aromatic carboxylic acids is 1. The molecule has 15 heavy (non-hydrogen) atoms. The highest BCUT2D eigenvalue weighted by Gasteiger charge is 2.18. The molecule has 0 amide bonds. The zero-order chi connectivity index (χ0) is 11.6. The Balaban J connectivity index is 3.29. The van der Waals surface area contributed by atoms with Crippen LogP contribution in [0.2, 0.25) is 5.02 Å². The number of carbonyl (C=O) groups is 2. The van der Waals surface area contributed by atoms with Crippen LogP contribution in [-0.4, -0.2) is 16.9 Å². The molecule has 80 valence electrons. The Morgan fingerprint density at radius 3 is 2.33 bits per heavy atom. The smallest absolute Gasteiger partial charge is 0.336 e. The molecule has 0 aliphatic rings. The monoisotopic (exact) mass is 226 g/mol. The van der Waals surface area contributed by atoms with Gasteiger partial charge in [0.15, 0.2) is 5.78 Å². The van der Waals surface area contributed by atoms with Crippen LogP contribution in [-0.2, 0) is 0 Å². The second kappa shape index (κ2) is 4.45. The van der Waals surface area contributed by atoms with Gasteiger partial charge in [-0.25, -0.2) is 4.79 Å². The second-order valence-electron chi connectivity index (χ2n) is 3.51. The fourth-order valence-electron chi connectivity index (χ4n) is 1.22. The zero-order valence-electron chi connectivity index (χ0n) is 8.45. The van der Waals surface area contributed by atoms with Gasteiger partial charge in [-0.3, -0.25) is 4.79 Å². The third-order valence-corrected chi connectivity index (χ3v) is 2.24. The van der Waals surface area contributed by atoms with Gasteiger partial charge >= 0.3 is 5.97 Å². The van der Waals surface area contributed by atoms with Crippen molar-refractivity contribution < 1.29 is 14.7 Å². The number of benzene rings is 1. The van der Waals surface area contributed by atoms with Crippen LogP contribution in [0.25, 0.3) is 0 Å². The molecule has 0 aromatic heterocycles. The molecule has 0 saturated heterocycles. The van der Waals surface area contributed by atoms with E-state index >= 15 is 0 Å². The maximum atomic E-state index is 11.7. The van der Waals surface area contributed by atoms with Crippen molar-refractivity contribution in [3.63, 3.8) is 0 Å². The summed E-state index contributed by atoms with van der Waals surface area (Å²) in [6.07, 6.45) is 0. The van der Waals surface area contributed by atoms with Crippen molar-refractivity contribution in [2.24, 2.45) is 5.92 Å². The van der Waals surface area contributed by atoms with Gasteiger partial charge in [-0.05, 0) is 18.2 Å². The lowest BCUT2D eigenvalue weighted by Gasteiger charge is -2.07. The first-order valence-corrected chi connectivity index (χ1v) is 4.88. The highest BCUT2D eigenvalue weighted by atomic mass is 35.5. The largest absolute Gasteiger partial charge is 0.478 e. The number of ketones is 1. The standard InChI is InChI=1S/C11H11ClO3/c1-6(2)10(13)8-4-3-7(12)5-9(8)11(14)15/h3-6H,1-2H3,(H,14,15). The summed E-state index contributed by atoms with van der Waals surface area (Å²) in [4.78, 5) is 22.6. The van der Waals surface area contributed by atoms with Gasteiger partial charge in [-0.1, -0.05) is 25.4 Å². The maximum absolute atomic E-state index is 11.7. The predicted octanol–water partition coefficient (Wildman–Crippen LogP) is 2.88. The molecule has 0 heterocycles. The van der Waals surface area contributed by atoms with E-state index in [2.05, 4.69) is 0 Å². The summed E-state index contributed by atoms with van der Waals surface area (Å²) >= 11 is 5.67. The van der Waals surface area contributed by atoms with Crippen LogP contribution in [0.5, 0.6) is 0 Å². The maximum Gasteiger partial charge on any atom is 0.336 e. The molecule has 0 atom stereocenters. The van der Waals surface area contributed by atoms with Crippen LogP contribution in [0.4, 0.5) is 0 Å². The fraction of sp³-hybridized carbons (Fsp3) is 0.273. The molecule has 1 aromatic rings. The molecule has 0 unspecified atom stereocenters. The minimum Gasteiger partial charge on any atom is -0.478 e. The lowest BCUT2D eigenvalue weighted by atomic mass is 9.96. The predicted molar refractivity (Wildman–Crippen MR) is 57.6 cm³/mol. The molecule has 0 fully saturated rings. The quantitative estimate of drug-likeness (QED) is 0.807. The summed E-state index contributed by atoms with van der Waals surface area (Å²) in [6, 6.07) is 4.26. The SMILES string of the molecule is CC(C)C(=O)c1ccc(Cl)cc1C(=O)O. The number of rotatable bonds is 3. The van der Waals surface area contributed by atoms with Crippen LogP contribution in [0.15, 0.2) is 18.2 Å². The van der Waals surface area contributed by atoms with E-state index in [1.165, 1.54) is 18.2 Å². The summed E-state index contributed by atoms with van der Waals surface area (Å²) in [5, 5.41) is 9.22. The molecule has 0 aliphatic heterocycles. The Hall–Kier alpha value is -1.35.